The van der Waals surface area contributed by atoms with Gasteiger partial charge in [0.25, 0.3) is 5.69 Å². The third-order valence-corrected chi connectivity index (χ3v) is 4.45. The molecule has 23 heavy (non-hydrogen) atoms. The van der Waals surface area contributed by atoms with E-state index in [-0.39, 0.29) is 16.5 Å². The number of aryl methyl sites for hydroxylation is 1. The van der Waals surface area contributed by atoms with E-state index in [2.05, 4.69) is 4.98 Å². The number of nitrogens with zero attached hydrogens (tertiary/aromatic N) is 4. The third-order valence-electron chi connectivity index (χ3n) is 4.45. The summed E-state index contributed by atoms with van der Waals surface area (Å²) in [6.07, 6.45) is 4.58. The summed E-state index contributed by atoms with van der Waals surface area (Å²) in [5, 5.41) is 21.8. The molecule has 1 aliphatic rings. The first-order valence-corrected chi connectivity index (χ1v) is 7.71. The fourth-order valence-electron chi connectivity index (χ4n) is 3.25. The van der Waals surface area contributed by atoms with Gasteiger partial charge in [-0.1, -0.05) is 12.1 Å². The molecule has 1 N–H and O–H groups in total. The van der Waals surface area contributed by atoms with Crippen molar-refractivity contribution in [1.29, 1.82) is 0 Å². The van der Waals surface area contributed by atoms with Gasteiger partial charge in [0.1, 0.15) is 17.6 Å². The fraction of sp³-hybridized carbons (Fsp3) is 0.438. The summed E-state index contributed by atoms with van der Waals surface area (Å²) in [7, 11) is 1.86. The molecule has 2 aromatic rings. The minimum atomic E-state index is -0.666. The highest BCUT2D eigenvalue weighted by Gasteiger charge is 2.31. The van der Waals surface area contributed by atoms with E-state index in [1.807, 2.05) is 16.5 Å². The second kappa shape index (κ2) is 6.37. The van der Waals surface area contributed by atoms with E-state index in [4.69, 9.17) is 0 Å². The number of benzene rings is 1. The third kappa shape index (κ3) is 3.05. The van der Waals surface area contributed by atoms with Crippen molar-refractivity contribution in [3.63, 3.8) is 0 Å². The maximum Gasteiger partial charge on any atom is 0.292 e. The first kappa shape index (κ1) is 15.5. The van der Waals surface area contributed by atoms with Gasteiger partial charge in [0, 0.05) is 44.5 Å². The number of nitro groups is 1. The zero-order valence-electron chi connectivity index (χ0n) is 13.0. The summed E-state index contributed by atoms with van der Waals surface area (Å²) in [4.78, 5) is 17.1. The Labute approximate surface area is 134 Å². The van der Waals surface area contributed by atoms with Gasteiger partial charge >= 0.3 is 0 Å². The number of imidazole rings is 1. The van der Waals surface area contributed by atoms with Crippen molar-refractivity contribution in [3.8, 4) is 0 Å². The minimum absolute atomic E-state index is 0.00432. The quantitative estimate of drug-likeness (QED) is 0.691. The summed E-state index contributed by atoms with van der Waals surface area (Å²) in [6, 6.07) is 6.77. The average molecular weight is 316 g/mol. The molecule has 0 aliphatic carbocycles. The Bertz CT molecular complexity index is 700. The lowest BCUT2D eigenvalue weighted by atomic mass is 9.91. The lowest BCUT2D eigenvalue weighted by molar-refractivity contribution is -0.384. The van der Waals surface area contributed by atoms with Gasteiger partial charge in [-0.25, -0.2) is 4.98 Å². The van der Waals surface area contributed by atoms with Crippen LogP contribution >= 0.6 is 0 Å². The van der Waals surface area contributed by atoms with E-state index in [0.29, 0.717) is 18.1 Å². The summed E-state index contributed by atoms with van der Waals surface area (Å²) >= 11 is 0. The van der Waals surface area contributed by atoms with Crippen LogP contribution in [0.4, 0.5) is 11.4 Å². The molecule has 1 aromatic heterocycles. The van der Waals surface area contributed by atoms with Gasteiger partial charge in [-0.05, 0) is 18.9 Å². The van der Waals surface area contributed by atoms with Crippen molar-refractivity contribution in [2.45, 2.75) is 18.9 Å². The maximum atomic E-state index is 11.2. The molecule has 7 heteroatoms. The molecule has 0 amide bonds. The number of rotatable bonds is 4. The van der Waals surface area contributed by atoms with Gasteiger partial charge in [0.05, 0.1) is 4.92 Å². The second-order valence-electron chi connectivity index (χ2n) is 5.94. The van der Waals surface area contributed by atoms with E-state index in [9.17, 15) is 15.2 Å². The monoisotopic (exact) mass is 316 g/mol. The molecular weight excluding hydrogens is 296 g/mol. The van der Waals surface area contributed by atoms with Gasteiger partial charge < -0.3 is 14.6 Å². The fourth-order valence-corrected chi connectivity index (χ4v) is 3.25. The van der Waals surface area contributed by atoms with Crippen LogP contribution in [0.1, 0.15) is 24.8 Å². The molecule has 122 valence electrons. The molecule has 1 fully saturated rings. The lowest BCUT2D eigenvalue weighted by Gasteiger charge is -2.36. The first-order chi connectivity index (χ1) is 11.1. The molecule has 0 saturated carbocycles. The zero-order chi connectivity index (χ0) is 16.4. The Morgan fingerprint density at radius 3 is 2.91 bits per heavy atom. The van der Waals surface area contributed by atoms with Crippen molar-refractivity contribution in [3.05, 3.63) is 52.6 Å². The standard InChI is InChI=1S/C16H20N4O3/c1-18-10-8-17-16(18)15(21)12-5-4-9-19(11-12)13-6-2-3-7-14(13)20(22)23/h2-3,6-8,10,12,15,21H,4-5,9,11H2,1H3/t12-,15+/m0/s1. The van der Waals surface area contributed by atoms with Crippen molar-refractivity contribution < 1.29 is 10.0 Å². The van der Waals surface area contributed by atoms with Gasteiger partial charge in [0.15, 0.2) is 0 Å². The molecule has 0 spiro atoms. The number of aromatic nitrogens is 2. The topological polar surface area (TPSA) is 84.4 Å². The molecule has 0 bridgehead atoms. The van der Waals surface area contributed by atoms with Crippen molar-refractivity contribution in [1.82, 2.24) is 9.55 Å². The summed E-state index contributed by atoms with van der Waals surface area (Å²) < 4.78 is 1.81. The normalized spacial score (nSPS) is 19.6. The highest BCUT2D eigenvalue weighted by atomic mass is 16.6. The zero-order valence-corrected chi connectivity index (χ0v) is 13.0. The molecule has 0 unspecified atom stereocenters. The van der Waals surface area contributed by atoms with Crippen LogP contribution in [0.25, 0.3) is 0 Å². The van der Waals surface area contributed by atoms with E-state index in [0.717, 1.165) is 19.4 Å². The number of aliphatic hydroxyl groups excluding tert-OH is 1. The van der Waals surface area contributed by atoms with Crippen molar-refractivity contribution in [2.24, 2.45) is 13.0 Å². The summed E-state index contributed by atoms with van der Waals surface area (Å²) in [5.74, 6) is 0.643. The van der Waals surface area contributed by atoms with Gasteiger partial charge in [0.2, 0.25) is 0 Å². The number of hydrogen-bond donors (Lipinski definition) is 1. The lowest BCUT2D eigenvalue weighted by Crippen LogP contribution is -2.38. The Morgan fingerprint density at radius 2 is 2.22 bits per heavy atom. The maximum absolute atomic E-state index is 11.2. The molecule has 1 saturated heterocycles. The van der Waals surface area contributed by atoms with Crippen molar-refractivity contribution >= 4 is 11.4 Å². The number of aliphatic hydroxyl groups is 1. The van der Waals surface area contributed by atoms with Crippen LogP contribution in [0.5, 0.6) is 0 Å². The summed E-state index contributed by atoms with van der Waals surface area (Å²) in [6.45, 7) is 1.34. The molecule has 2 atom stereocenters. The van der Waals surface area contributed by atoms with Gasteiger partial charge in [-0.3, -0.25) is 10.1 Å². The Hall–Kier alpha value is -2.41. The highest BCUT2D eigenvalue weighted by Crippen LogP contribution is 2.34. The van der Waals surface area contributed by atoms with Gasteiger partial charge in [-0.2, -0.15) is 0 Å². The second-order valence-corrected chi connectivity index (χ2v) is 5.94. The van der Waals surface area contributed by atoms with Crippen LogP contribution in [-0.2, 0) is 7.05 Å². The SMILES string of the molecule is Cn1ccnc1[C@H](O)[C@H]1CCCN(c2ccccc2[N+](=O)[O-])C1. The number of piperidine rings is 1. The minimum Gasteiger partial charge on any atom is -0.385 e. The molecule has 1 aliphatic heterocycles. The van der Waals surface area contributed by atoms with E-state index in [1.165, 1.54) is 6.07 Å². The predicted octanol–water partition coefficient (Wildman–Crippen LogP) is 2.28. The predicted molar refractivity (Wildman–Crippen MR) is 86.2 cm³/mol. The molecule has 7 nitrogen and oxygen atoms in total. The van der Waals surface area contributed by atoms with Crippen molar-refractivity contribution in [2.75, 3.05) is 18.0 Å². The molecule has 3 rings (SSSR count). The van der Waals surface area contributed by atoms with Crippen LogP contribution in [0, 0.1) is 16.0 Å². The van der Waals surface area contributed by atoms with E-state index < -0.39 is 6.10 Å². The van der Waals surface area contributed by atoms with Crippen LogP contribution < -0.4 is 4.90 Å². The molecule has 0 radical (unpaired) electrons. The molecule has 1 aromatic carbocycles. The number of hydrogen-bond acceptors (Lipinski definition) is 5. The smallest absolute Gasteiger partial charge is 0.292 e. The first-order valence-electron chi connectivity index (χ1n) is 7.71. The Morgan fingerprint density at radius 1 is 1.43 bits per heavy atom. The van der Waals surface area contributed by atoms with Crippen LogP contribution in [0.3, 0.4) is 0 Å². The van der Waals surface area contributed by atoms with E-state index >= 15 is 0 Å². The largest absolute Gasteiger partial charge is 0.385 e. The highest BCUT2D eigenvalue weighted by molar-refractivity contribution is 5.63. The van der Waals surface area contributed by atoms with Crippen LogP contribution in [0.2, 0.25) is 0 Å². The molecule has 2 heterocycles. The number of para-hydroxylation sites is 2. The van der Waals surface area contributed by atoms with Crippen LogP contribution in [-0.4, -0.2) is 32.7 Å². The Kier molecular flexibility index (Phi) is 4.29. The molecular formula is C16H20N4O3. The van der Waals surface area contributed by atoms with Crippen LogP contribution in [0.15, 0.2) is 36.7 Å². The summed E-state index contributed by atoms with van der Waals surface area (Å²) in [5.41, 5.74) is 0.730. The van der Waals surface area contributed by atoms with Gasteiger partial charge in [-0.15, -0.1) is 0 Å². The number of nitro benzene ring substituents is 1. The average Bonchev–Trinajstić information content (AvgIpc) is 3.00. The Balaban J connectivity index is 1.82. The number of anilines is 1. The van der Waals surface area contributed by atoms with E-state index in [1.54, 1.807) is 30.6 Å².